The lowest BCUT2D eigenvalue weighted by molar-refractivity contribution is 0.321. The van der Waals surface area contributed by atoms with Gasteiger partial charge in [-0.3, -0.25) is 4.98 Å². The van der Waals surface area contributed by atoms with E-state index in [1.165, 1.54) is 6.21 Å². The second kappa shape index (κ2) is 5.57. The fraction of sp³-hybridized carbons (Fsp3) is 0.133. The van der Waals surface area contributed by atoms with Crippen molar-refractivity contribution in [2.45, 2.75) is 4.90 Å². The van der Waals surface area contributed by atoms with Gasteiger partial charge >= 0.3 is 0 Å². The van der Waals surface area contributed by atoms with Gasteiger partial charge < -0.3 is 9.94 Å². The molecular formula is C15H13N3O2S. The number of oxime groups is 1. The Balaban J connectivity index is 2.52. The summed E-state index contributed by atoms with van der Waals surface area (Å²) in [5, 5.41) is 13.7. The molecule has 0 aliphatic carbocycles. The fourth-order valence-electron chi connectivity index (χ4n) is 2.34. The zero-order valence-corrected chi connectivity index (χ0v) is 12.4. The molecule has 0 radical (unpaired) electrons. The Kier molecular flexibility index (Phi) is 3.62. The van der Waals surface area contributed by atoms with Gasteiger partial charge in [0.15, 0.2) is 0 Å². The minimum absolute atomic E-state index is 0.578. The molecule has 6 heteroatoms. The quantitative estimate of drug-likeness (QED) is 0.264. The van der Waals surface area contributed by atoms with E-state index in [4.69, 9.17) is 9.94 Å². The highest BCUT2D eigenvalue weighted by Gasteiger charge is 2.14. The van der Waals surface area contributed by atoms with E-state index < -0.39 is 0 Å². The van der Waals surface area contributed by atoms with E-state index in [-0.39, 0.29) is 0 Å². The molecule has 2 heterocycles. The molecule has 3 aromatic rings. The number of benzene rings is 1. The number of fused-ring (bicyclic) bond motifs is 3. The van der Waals surface area contributed by atoms with Crippen molar-refractivity contribution in [3.63, 3.8) is 0 Å². The van der Waals surface area contributed by atoms with Gasteiger partial charge in [-0.05, 0) is 24.5 Å². The Morgan fingerprint density at radius 2 is 2.19 bits per heavy atom. The van der Waals surface area contributed by atoms with Crippen LogP contribution in [0.25, 0.3) is 21.8 Å². The first kappa shape index (κ1) is 13.6. The van der Waals surface area contributed by atoms with Gasteiger partial charge in [-0.2, -0.15) is 0 Å². The molecule has 0 amide bonds. The first-order valence-electron chi connectivity index (χ1n) is 6.26. The number of nitrogens with zero attached hydrogens (tertiary/aromatic N) is 3. The Morgan fingerprint density at radius 3 is 2.90 bits per heavy atom. The maximum Gasteiger partial charge on any atom is 0.130 e. The van der Waals surface area contributed by atoms with Gasteiger partial charge in [0, 0.05) is 16.5 Å². The minimum Gasteiger partial charge on any atom is -0.496 e. The Bertz CT molecular complexity index is 849. The number of methoxy groups -OCH3 is 1. The van der Waals surface area contributed by atoms with Gasteiger partial charge in [0.1, 0.15) is 11.3 Å². The fourth-order valence-corrected chi connectivity index (χ4v) is 2.98. The van der Waals surface area contributed by atoms with Crippen LogP contribution in [0.3, 0.4) is 0 Å². The molecule has 1 N–H and O–H groups in total. The summed E-state index contributed by atoms with van der Waals surface area (Å²) >= 11 is 1.59. The monoisotopic (exact) mass is 299 g/mol. The third-order valence-corrected chi connectivity index (χ3v) is 3.99. The van der Waals surface area contributed by atoms with Crippen molar-refractivity contribution in [3.8, 4) is 5.75 Å². The predicted octanol–water partition coefficient (Wildman–Crippen LogP) is 3.32. The van der Waals surface area contributed by atoms with Crippen molar-refractivity contribution in [2.24, 2.45) is 5.16 Å². The van der Waals surface area contributed by atoms with Crippen LogP contribution in [0.2, 0.25) is 0 Å². The maximum atomic E-state index is 8.75. The summed E-state index contributed by atoms with van der Waals surface area (Å²) < 4.78 is 5.51. The molecule has 106 valence electrons. The molecule has 0 aliphatic heterocycles. The van der Waals surface area contributed by atoms with Crippen LogP contribution in [0.1, 0.15) is 5.69 Å². The van der Waals surface area contributed by atoms with Crippen LogP contribution >= 0.6 is 11.8 Å². The molecule has 0 saturated carbocycles. The molecule has 0 spiro atoms. The van der Waals surface area contributed by atoms with Gasteiger partial charge in [0.05, 0.1) is 29.9 Å². The van der Waals surface area contributed by atoms with Crippen LogP contribution in [0.5, 0.6) is 5.75 Å². The van der Waals surface area contributed by atoms with Gasteiger partial charge in [0.25, 0.3) is 0 Å². The van der Waals surface area contributed by atoms with Gasteiger partial charge in [-0.15, -0.1) is 11.8 Å². The van der Waals surface area contributed by atoms with Gasteiger partial charge in [0.2, 0.25) is 0 Å². The normalized spacial score (nSPS) is 11.5. The van der Waals surface area contributed by atoms with Crippen LogP contribution in [0.4, 0.5) is 0 Å². The number of thioether (sulfide) groups is 1. The van der Waals surface area contributed by atoms with E-state index >= 15 is 0 Å². The summed E-state index contributed by atoms with van der Waals surface area (Å²) in [5.74, 6) is 0.759. The van der Waals surface area contributed by atoms with E-state index in [1.54, 1.807) is 25.1 Å². The van der Waals surface area contributed by atoms with E-state index in [0.717, 1.165) is 32.5 Å². The number of aromatic nitrogens is 2. The average Bonchev–Trinajstić information content (AvgIpc) is 2.53. The molecule has 0 aliphatic rings. The lowest BCUT2D eigenvalue weighted by atomic mass is 10.1. The topological polar surface area (TPSA) is 67.6 Å². The lowest BCUT2D eigenvalue weighted by Crippen LogP contribution is -1.96. The smallest absolute Gasteiger partial charge is 0.130 e. The van der Waals surface area contributed by atoms with Crippen LogP contribution < -0.4 is 4.74 Å². The SMILES string of the molecule is COc1cc2cccnc2c2nc(/C=N\O)cc(SC)c12. The first-order chi connectivity index (χ1) is 10.3. The molecule has 0 bridgehead atoms. The van der Waals surface area contributed by atoms with E-state index in [1.807, 2.05) is 30.5 Å². The number of rotatable bonds is 3. The second-order valence-corrected chi connectivity index (χ2v) is 5.22. The molecule has 0 atom stereocenters. The van der Waals surface area contributed by atoms with Gasteiger partial charge in [-0.25, -0.2) is 4.98 Å². The molecule has 5 nitrogen and oxygen atoms in total. The largest absolute Gasteiger partial charge is 0.496 e. The van der Waals surface area contributed by atoms with Crippen molar-refractivity contribution < 1.29 is 9.94 Å². The molecule has 0 saturated heterocycles. The highest BCUT2D eigenvalue weighted by Crippen LogP contribution is 2.37. The maximum absolute atomic E-state index is 8.75. The molecule has 2 aromatic heterocycles. The third kappa shape index (κ3) is 2.27. The third-order valence-electron chi connectivity index (χ3n) is 3.23. The highest BCUT2D eigenvalue weighted by molar-refractivity contribution is 7.98. The van der Waals surface area contributed by atoms with E-state index in [0.29, 0.717) is 5.69 Å². The zero-order valence-electron chi connectivity index (χ0n) is 11.6. The van der Waals surface area contributed by atoms with E-state index in [9.17, 15) is 0 Å². The number of ether oxygens (including phenoxy) is 1. The lowest BCUT2D eigenvalue weighted by Gasteiger charge is -2.12. The van der Waals surface area contributed by atoms with Crippen LogP contribution in [0, 0.1) is 0 Å². The number of pyridine rings is 2. The summed E-state index contributed by atoms with van der Waals surface area (Å²) in [6.45, 7) is 0. The summed E-state index contributed by atoms with van der Waals surface area (Å²) in [5.41, 5.74) is 2.12. The number of hydrogen-bond acceptors (Lipinski definition) is 6. The van der Waals surface area contributed by atoms with Crippen molar-refractivity contribution in [3.05, 3.63) is 36.2 Å². The minimum atomic E-state index is 0.578. The first-order valence-corrected chi connectivity index (χ1v) is 7.49. The molecular weight excluding hydrogens is 286 g/mol. The van der Waals surface area contributed by atoms with Crippen molar-refractivity contribution in [1.82, 2.24) is 9.97 Å². The van der Waals surface area contributed by atoms with Crippen LogP contribution in [0.15, 0.2) is 40.5 Å². The van der Waals surface area contributed by atoms with E-state index in [2.05, 4.69) is 15.1 Å². The summed E-state index contributed by atoms with van der Waals surface area (Å²) in [6.07, 6.45) is 5.03. The molecule has 0 unspecified atom stereocenters. The van der Waals surface area contributed by atoms with Gasteiger partial charge in [-0.1, -0.05) is 11.2 Å². The zero-order chi connectivity index (χ0) is 14.8. The average molecular weight is 299 g/mol. The molecule has 0 fully saturated rings. The Labute approximate surface area is 125 Å². The van der Waals surface area contributed by atoms with Crippen LogP contribution in [-0.4, -0.2) is 34.8 Å². The summed E-state index contributed by atoms with van der Waals surface area (Å²) in [7, 11) is 1.64. The highest BCUT2D eigenvalue weighted by atomic mass is 32.2. The van der Waals surface area contributed by atoms with Crippen molar-refractivity contribution in [2.75, 3.05) is 13.4 Å². The Hall–Kier alpha value is -2.34. The predicted molar refractivity (Wildman–Crippen MR) is 84.8 cm³/mol. The van der Waals surface area contributed by atoms with Crippen LogP contribution in [-0.2, 0) is 0 Å². The Morgan fingerprint density at radius 1 is 1.33 bits per heavy atom. The summed E-state index contributed by atoms with van der Waals surface area (Å²) in [4.78, 5) is 9.97. The van der Waals surface area contributed by atoms with Crippen molar-refractivity contribution in [1.29, 1.82) is 0 Å². The number of hydrogen-bond donors (Lipinski definition) is 1. The van der Waals surface area contributed by atoms with Crippen molar-refractivity contribution >= 4 is 39.8 Å². The molecule has 21 heavy (non-hydrogen) atoms. The summed E-state index contributed by atoms with van der Waals surface area (Å²) in [6, 6.07) is 7.68. The standard InChI is InChI=1S/C15H13N3O2S/c1-20-11-6-9-4-3-5-16-14(9)15-13(11)12(21-2)7-10(18-15)8-17-19/h3-8,19H,1-2H3/b17-8-. The molecule has 3 rings (SSSR count). The second-order valence-electron chi connectivity index (χ2n) is 4.37. The molecule has 1 aromatic carbocycles.